The third-order valence-electron chi connectivity index (χ3n) is 2.10. The van der Waals surface area contributed by atoms with Gasteiger partial charge in [-0.3, -0.25) is 0 Å². The van der Waals surface area contributed by atoms with E-state index in [9.17, 15) is 0 Å². The molecule has 0 radical (unpaired) electrons. The maximum atomic E-state index is 8.94. The predicted octanol–water partition coefficient (Wildman–Crippen LogP) is 2.51. The van der Waals surface area contributed by atoms with Crippen molar-refractivity contribution in [1.29, 1.82) is 0 Å². The Kier molecular flexibility index (Phi) is 5.96. The third kappa shape index (κ3) is 4.68. The average molecular weight is 238 g/mol. The van der Waals surface area contributed by atoms with E-state index in [-0.39, 0.29) is 0 Å². The van der Waals surface area contributed by atoms with E-state index in [0.717, 1.165) is 24.3 Å². The van der Waals surface area contributed by atoms with Gasteiger partial charge >= 0.3 is 0 Å². The van der Waals surface area contributed by atoms with Gasteiger partial charge in [0.15, 0.2) is 0 Å². The molecule has 0 saturated carbocycles. The lowest BCUT2D eigenvalue weighted by molar-refractivity contribution is 0.321. The van der Waals surface area contributed by atoms with Crippen LogP contribution in [0.3, 0.4) is 0 Å². The van der Waals surface area contributed by atoms with Gasteiger partial charge in [0.05, 0.1) is 0 Å². The molecule has 0 saturated heterocycles. The van der Waals surface area contributed by atoms with Gasteiger partial charge in [0.25, 0.3) is 0 Å². The molecule has 0 heterocycles. The van der Waals surface area contributed by atoms with E-state index in [0.29, 0.717) is 5.04 Å². The quantitative estimate of drug-likeness (QED) is 0.281. The number of benzene rings is 1. The summed E-state index contributed by atoms with van der Waals surface area (Å²) in [5.41, 5.74) is 0.972. The highest BCUT2D eigenvalue weighted by Gasteiger charge is 2.04. The maximum absolute atomic E-state index is 8.94. The van der Waals surface area contributed by atoms with Gasteiger partial charge in [-0.2, -0.15) is 0 Å². The summed E-state index contributed by atoms with van der Waals surface area (Å²) in [7, 11) is 4.12. The zero-order chi connectivity index (χ0) is 11.8. The number of thioether (sulfide) groups is 1. The van der Waals surface area contributed by atoms with Crippen molar-refractivity contribution in [3.63, 3.8) is 0 Å². The molecular weight excluding hydrogens is 220 g/mol. The minimum absolute atomic E-state index is 0.694. The largest absolute Gasteiger partial charge is 0.410 e. The standard InChI is InChI=1S/C12H18N2OS/c1-14(2)9-6-10-16-12(13-15)11-7-4-3-5-8-11/h3-5,7-8,15H,6,9-10H2,1-2H3/b13-12+. The monoisotopic (exact) mass is 238 g/mol. The molecule has 0 fully saturated rings. The third-order valence-corrected chi connectivity index (χ3v) is 3.18. The van der Waals surface area contributed by atoms with Crippen LogP contribution in [0.25, 0.3) is 0 Å². The Labute approximate surface area is 101 Å². The second-order valence-corrected chi connectivity index (χ2v) is 4.86. The second kappa shape index (κ2) is 7.30. The van der Waals surface area contributed by atoms with Gasteiger partial charge in [-0.15, -0.1) is 11.8 Å². The zero-order valence-electron chi connectivity index (χ0n) is 9.76. The van der Waals surface area contributed by atoms with E-state index >= 15 is 0 Å². The van der Waals surface area contributed by atoms with Gasteiger partial charge in [-0.1, -0.05) is 35.5 Å². The van der Waals surface area contributed by atoms with Gasteiger partial charge < -0.3 is 10.1 Å². The highest BCUT2D eigenvalue weighted by atomic mass is 32.2. The van der Waals surface area contributed by atoms with Crippen molar-refractivity contribution >= 4 is 16.8 Å². The molecule has 0 aliphatic rings. The fourth-order valence-corrected chi connectivity index (χ4v) is 2.13. The molecule has 0 bridgehead atoms. The molecule has 1 aromatic carbocycles. The Hall–Kier alpha value is -1.00. The van der Waals surface area contributed by atoms with Gasteiger partial charge in [-0.25, -0.2) is 0 Å². The molecule has 88 valence electrons. The molecule has 1 aromatic rings. The van der Waals surface area contributed by atoms with Crippen LogP contribution in [0.15, 0.2) is 35.5 Å². The van der Waals surface area contributed by atoms with Gasteiger partial charge in [0.1, 0.15) is 5.04 Å². The summed E-state index contributed by atoms with van der Waals surface area (Å²) in [6.45, 7) is 1.06. The number of rotatable bonds is 5. The SMILES string of the molecule is CN(C)CCCS/C(=N/O)c1ccccc1. The fraction of sp³-hybridized carbons (Fsp3) is 0.417. The fourth-order valence-electron chi connectivity index (χ4n) is 1.30. The van der Waals surface area contributed by atoms with Crippen molar-refractivity contribution in [2.45, 2.75) is 6.42 Å². The van der Waals surface area contributed by atoms with Crippen LogP contribution in [0, 0.1) is 0 Å². The van der Waals surface area contributed by atoms with Crippen LogP contribution in [0.2, 0.25) is 0 Å². The van der Waals surface area contributed by atoms with Gasteiger partial charge in [0, 0.05) is 11.3 Å². The Balaban J connectivity index is 2.40. The smallest absolute Gasteiger partial charge is 0.142 e. The number of hydrogen-bond acceptors (Lipinski definition) is 4. The zero-order valence-corrected chi connectivity index (χ0v) is 10.6. The van der Waals surface area contributed by atoms with Crippen molar-refractivity contribution in [3.05, 3.63) is 35.9 Å². The van der Waals surface area contributed by atoms with Crippen LogP contribution in [-0.2, 0) is 0 Å². The number of hydrogen-bond donors (Lipinski definition) is 1. The first kappa shape index (κ1) is 13.1. The van der Waals surface area contributed by atoms with Crippen LogP contribution in [0.5, 0.6) is 0 Å². The lowest BCUT2D eigenvalue weighted by Crippen LogP contribution is -2.13. The van der Waals surface area contributed by atoms with Gasteiger partial charge in [-0.05, 0) is 27.1 Å². The molecule has 0 amide bonds. The van der Waals surface area contributed by atoms with Crippen LogP contribution in [0.4, 0.5) is 0 Å². The van der Waals surface area contributed by atoms with Crippen molar-refractivity contribution in [1.82, 2.24) is 4.90 Å². The molecule has 3 nitrogen and oxygen atoms in total. The second-order valence-electron chi connectivity index (χ2n) is 3.78. The minimum Gasteiger partial charge on any atom is -0.410 e. The normalized spacial score (nSPS) is 12.1. The summed E-state index contributed by atoms with van der Waals surface area (Å²) >= 11 is 1.59. The summed E-state index contributed by atoms with van der Waals surface area (Å²) in [4.78, 5) is 2.15. The molecule has 0 atom stereocenters. The van der Waals surface area contributed by atoms with Crippen LogP contribution >= 0.6 is 11.8 Å². The van der Waals surface area contributed by atoms with Crippen LogP contribution in [-0.4, -0.2) is 41.5 Å². The van der Waals surface area contributed by atoms with Crippen molar-refractivity contribution in [2.24, 2.45) is 5.16 Å². The Morgan fingerprint density at radius 3 is 2.56 bits per heavy atom. The first-order chi connectivity index (χ1) is 7.74. The van der Waals surface area contributed by atoms with E-state index in [2.05, 4.69) is 24.2 Å². The molecular formula is C12H18N2OS. The maximum Gasteiger partial charge on any atom is 0.142 e. The Morgan fingerprint density at radius 1 is 1.31 bits per heavy atom. The predicted molar refractivity (Wildman–Crippen MR) is 70.4 cm³/mol. The molecule has 4 heteroatoms. The summed E-state index contributed by atoms with van der Waals surface area (Å²) in [6.07, 6.45) is 1.09. The summed E-state index contributed by atoms with van der Waals surface area (Å²) in [5, 5.41) is 13.0. The Morgan fingerprint density at radius 2 is 2.00 bits per heavy atom. The van der Waals surface area contributed by atoms with E-state index < -0.39 is 0 Å². The number of oxime groups is 1. The van der Waals surface area contributed by atoms with E-state index in [1.165, 1.54) is 0 Å². The molecule has 0 aliphatic heterocycles. The lowest BCUT2D eigenvalue weighted by Gasteiger charge is -2.09. The highest BCUT2D eigenvalue weighted by Crippen LogP contribution is 2.14. The summed E-state index contributed by atoms with van der Waals surface area (Å²) in [5.74, 6) is 0.965. The minimum atomic E-state index is 0.694. The first-order valence-electron chi connectivity index (χ1n) is 5.29. The van der Waals surface area contributed by atoms with Crippen molar-refractivity contribution in [3.8, 4) is 0 Å². The number of nitrogens with zero attached hydrogens (tertiary/aromatic N) is 2. The molecule has 0 aliphatic carbocycles. The molecule has 16 heavy (non-hydrogen) atoms. The molecule has 1 N–H and O–H groups in total. The Bertz CT molecular complexity index is 325. The van der Waals surface area contributed by atoms with Gasteiger partial charge in [0.2, 0.25) is 0 Å². The first-order valence-corrected chi connectivity index (χ1v) is 6.27. The van der Waals surface area contributed by atoms with E-state index in [1.54, 1.807) is 11.8 Å². The molecule has 0 aromatic heterocycles. The molecule has 0 unspecified atom stereocenters. The van der Waals surface area contributed by atoms with Crippen LogP contribution in [0.1, 0.15) is 12.0 Å². The average Bonchev–Trinajstić information content (AvgIpc) is 2.30. The topological polar surface area (TPSA) is 35.8 Å². The molecule has 1 rings (SSSR count). The highest BCUT2D eigenvalue weighted by molar-refractivity contribution is 8.14. The van der Waals surface area contributed by atoms with E-state index in [1.807, 2.05) is 30.3 Å². The van der Waals surface area contributed by atoms with Crippen LogP contribution < -0.4 is 0 Å². The van der Waals surface area contributed by atoms with E-state index in [4.69, 9.17) is 5.21 Å². The lowest BCUT2D eigenvalue weighted by atomic mass is 10.2. The van der Waals surface area contributed by atoms with Crippen molar-refractivity contribution in [2.75, 3.05) is 26.4 Å². The summed E-state index contributed by atoms with van der Waals surface area (Å²) < 4.78 is 0. The summed E-state index contributed by atoms with van der Waals surface area (Å²) in [6, 6.07) is 9.75. The molecule has 0 spiro atoms. The van der Waals surface area contributed by atoms with Crippen molar-refractivity contribution < 1.29 is 5.21 Å².